The number of pyridine rings is 1. The number of likely N-dealkylation sites (N-methyl/N-ethyl adjacent to an activating group) is 1. The number of morpholine rings is 1. The van der Waals surface area contributed by atoms with Crippen molar-refractivity contribution in [3.05, 3.63) is 42.9 Å². The van der Waals surface area contributed by atoms with Crippen LogP contribution in [0.4, 0.5) is 5.82 Å². The van der Waals surface area contributed by atoms with Crippen molar-refractivity contribution >= 4 is 22.5 Å². The Morgan fingerprint density at radius 1 is 1.22 bits per heavy atom. The third-order valence-electron chi connectivity index (χ3n) is 4.78. The van der Waals surface area contributed by atoms with Crippen LogP contribution in [0.15, 0.2) is 42.9 Å². The lowest BCUT2D eigenvalue weighted by atomic mass is 10.1. The predicted molar refractivity (Wildman–Crippen MR) is 104 cm³/mol. The molecule has 1 fully saturated rings. The number of aryl methyl sites for hydroxylation is 1. The van der Waals surface area contributed by atoms with E-state index in [4.69, 9.17) is 4.74 Å². The Hall–Kier alpha value is -2.77. The lowest BCUT2D eigenvalue weighted by Crippen LogP contribution is -2.41. The zero-order valence-corrected chi connectivity index (χ0v) is 15.6. The maximum Gasteiger partial charge on any atom is 0.228 e. The minimum Gasteiger partial charge on any atom is -0.375 e. The van der Waals surface area contributed by atoms with Crippen LogP contribution in [0.5, 0.6) is 0 Å². The van der Waals surface area contributed by atoms with Crippen LogP contribution in [-0.4, -0.2) is 58.4 Å². The standard InChI is InChI=1S/C20H23N5O2/c1-24-5-6-27-18(13-24)9-20(26)23-19-8-16-7-14(3-4-15(16)10-21-19)17-11-22-25(2)12-17/h3-4,7-8,10-12,18H,5-6,9,13H2,1-2H3,(H,21,23,26). The van der Waals surface area contributed by atoms with Gasteiger partial charge in [-0.15, -0.1) is 0 Å². The third kappa shape index (κ3) is 4.15. The van der Waals surface area contributed by atoms with E-state index in [2.05, 4.69) is 32.4 Å². The summed E-state index contributed by atoms with van der Waals surface area (Å²) in [6.45, 7) is 2.34. The number of nitrogens with zero attached hydrogens (tertiary/aromatic N) is 4. The van der Waals surface area contributed by atoms with Gasteiger partial charge in [0, 0.05) is 43.5 Å². The average molecular weight is 365 g/mol. The van der Waals surface area contributed by atoms with Crippen LogP contribution >= 0.6 is 0 Å². The molecule has 0 spiro atoms. The van der Waals surface area contributed by atoms with Crippen molar-refractivity contribution in [1.29, 1.82) is 0 Å². The topological polar surface area (TPSA) is 72.3 Å². The number of aromatic nitrogens is 3. The molecule has 2 aromatic heterocycles. The van der Waals surface area contributed by atoms with Gasteiger partial charge in [-0.2, -0.15) is 5.10 Å². The summed E-state index contributed by atoms with van der Waals surface area (Å²) in [4.78, 5) is 18.9. The first-order chi connectivity index (χ1) is 13.1. The number of carbonyl (C=O) groups is 1. The molecule has 1 aromatic carbocycles. The highest BCUT2D eigenvalue weighted by atomic mass is 16.5. The Morgan fingerprint density at radius 3 is 2.89 bits per heavy atom. The molecule has 3 heterocycles. The molecule has 7 heteroatoms. The molecular weight excluding hydrogens is 342 g/mol. The summed E-state index contributed by atoms with van der Waals surface area (Å²) in [6, 6.07) is 8.07. The average Bonchev–Trinajstić information content (AvgIpc) is 3.07. The second kappa shape index (κ2) is 7.46. The highest BCUT2D eigenvalue weighted by molar-refractivity contribution is 5.94. The number of hydrogen-bond donors (Lipinski definition) is 1. The van der Waals surface area contributed by atoms with E-state index in [-0.39, 0.29) is 12.0 Å². The summed E-state index contributed by atoms with van der Waals surface area (Å²) in [5.41, 5.74) is 2.14. The highest BCUT2D eigenvalue weighted by Gasteiger charge is 2.20. The van der Waals surface area contributed by atoms with Gasteiger partial charge in [0.2, 0.25) is 5.91 Å². The monoisotopic (exact) mass is 365 g/mol. The molecule has 1 N–H and O–H groups in total. The molecule has 0 radical (unpaired) electrons. The molecule has 1 unspecified atom stereocenters. The van der Waals surface area contributed by atoms with Crippen LogP contribution in [0.3, 0.4) is 0 Å². The number of fused-ring (bicyclic) bond motifs is 1. The van der Waals surface area contributed by atoms with Gasteiger partial charge in [-0.3, -0.25) is 9.48 Å². The second-order valence-corrected chi connectivity index (χ2v) is 7.04. The summed E-state index contributed by atoms with van der Waals surface area (Å²) in [5.74, 6) is 0.477. The summed E-state index contributed by atoms with van der Waals surface area (Å²) in [7, 11) is 3.94. The van der Waals surface area contributed by atoms with Crippen molar-refractivity contribution in [3.8, 4) is 11.1 Å². The Labute approximate surface area is 157 Å². The van der Waals surface area contributed by atoms with Crippen molar-refractivity contribution in [2.45, 2.75) is 12.5 Å². The molecule has 1 aliphatic rings. The van der Waals surface area contributed by atoms with Crippen LogP contribution in [0.1, 0.15) is 6.42 Å². The van der Waals surface area contributed by atoms with Crippen molar-refractivity contribution in [2.75, 3.05) is 32.1 Å². The van der Waals surface area contributed by atoms with Gasteiger partial charge in [-0.1, -0.05) is 12.1 Å². The SMILES string of the molecule is CN1CCOC(CC(=O)Nc2cc3cc(-c4cnn(C)c4)ccc3cn2)C1. The lowest BCUT2D eigenvalue weighted by molar-refractivity contribution is -0.120. The van der Waals surface area contributed by atoms with E-state index < -0.39 is 0 Å². The van der Waals surface area contributed by atoms with Gasteiger partial charge in [0.1, 0.15) is 5.82 Å². The van der Waals surface area contributed by atoms with Crippen molar-refractivity contribution < 1.29 is 9.53 Å². The van der Waals surface area contributed by atoms with Gasteiger partial charge < -0.3 is 15.0 Å². The number of ether oxygens (including phenoxy) is 1. The highest BCUT2D eigenvalue weighted by Crippen LogP contribution is 2.25. The molecule has 0 bridgehead atoms. The first-order valence-electron chi connectivity index (χ1n) is 9.06. The Morgan fingerprint density at radius 2 is 2.11 bits per heavy atom. The van der Waals surface area contributed by atoms with Crippen molar-refractivity contribution in [3.63, 3.8) is 0 Å². The van der Waals surface area contributed by atoms with Crippen molar-refractivity contribution in [2.24, 2.45) is 7.05 Å². The van der Waals surface area contributed by atoms with E-state index in [0.29, 0.717) is 18.8 Å². The van der Waals surface area contributed by atoms with Gasteiger partial charge in [0.05, 0.1) is 25.3 Å². The third-order valence-corrected chi connectivity index (χ3v) is 4.78. The van der Waals surface area contributed by atoms with Gasteiger partial charge >= 0.3 is 0 Å². The minimum atomic E-state index is -0.0782. The molecule has 0 saturated carbocycles. The molecule has 27 heavy (non-hydrogen) atoms. The van der Waals surface area contributed by atoms with Crippen LogP contribution in [0.2, 0.25) is 0 Å². The first kappa shape index (κ1) is 17.6. The van der Waals surface area contributed by atoms with Crippen molar-refractivity contribution in [1.82, 2.24) is 19.7 Å². The van der Waals surface area contributed by atoms with Gasteiger partial charge in [-0.05, 0) is 30.1 Å². The van der Waals surface area contributed by atoms with Gasteiger partial charge in [0.15, 0.2) is 0 Å². The number of amides is 1. The minimum absolute atomic E-state index is 0.0682. The van der Waals surface area contributed by atoms with E-state index in [9.17, 15) is 4.79 Å². The van der Waals surface area contributed by atoms with Crippen LogP contribution < -0.4 is 5.32 Å². The zero-order valence-electron chi connectivity index (χ0n) is 15.6. The lowest BCUT2D eigenvalue weighted by Gasteiger charge is -2.29. The molecule has 3 aromatic rings. The largest absolute Gasteiger partial charge is 0.375 e. The fourth-order valence-corrected chi connectivity index (χ4v) is 3.35. The Balaban J connectivity index is 1.49. The number of rotatable bonds is 4. The Bertz CT molecular complexity index is 968. The quantitative estimate of drug-likeness (QED) is 0.768. The number of carbonyl (C=O) groups excluding carboxylic acids is 1. The smallest absolute Gasteiger partial charge is 0.228 e. The molecule has 140 valence electrons. The van der Waals surface area contributed by atoms with Crippen LogP contribution in [-0.2, 0) is 16.6 Å². The molecule has 1 atom stereocenters. The number of benzene rings is 1. The predicted octanol–water partition coefficient (Wildman–Crippen LogP) is 2.29. The normalized spacial score (nSPS) is 17.9. The van der Waals surface area contributed by atoms with E-state index in [1.165, 1.54) is 0 Å². The molecule has 0 aliphatic carbocycles. The summed E-state index contributed by atoms with van der Waals surface area (Å²) < 4.78 is 7.44. The van der Waals surface area contributed by atoms with E-state index in [1.807, 2.05) is 38.6 Å². The summed E-state index contributed by atoms with van der Waals surface area (Å²) in [6.07, 6.45) is 5.86. The van der Waals surface area contributed by atoms with Crippen LogP contribution in [0.25, 0.3) is 21.9 Å². The maximum absolute atomic E-state index is 12.4. The van der Waals surface area contributed by atoms with Gasteiger partial charge in [0.25, 0.3) is 0 Å². The summed E-state index contributed by atoms with van der Waals surface area (Å²) in [5, 5.41) is 9.17. The maximum atomic E-state index is 12.4. The van der Waals surface area contributed by atoms with E-state index in [0.717, 1.165) is 35.0 Å². The number of nitrogens with one attached hydrogen (secondary N) is 1. The molecule has 4 rings (SSSR count). The van der Waals surface area contributed by atoms with E-state index >= 15 is 0 Å². The molecular formula is C20H23N5O2. The number of hydrogen-bond acceptors (Lipinski definition) is 5. The molecule has 7 nitrogen and oxygen atoms in total. The molecule has 1 aliphatic heterocycles. The zero-order chi connectivity index (χ0) is 18.8. The van der Waals surface area contributed by atoms with Gasteiger partial charge in [-0.25, -0.2) is 4.98 Å². The fourth-order valence-electron chi connectivity index (χ4n) is 3.35. The van der Waals surface area contributed by atoms with Crippen LogP contribution in [0, 0.1) is 0 Å². The molecule has 1 amide bonds. The van der Waals surface area contributed by atoms with E-state index in [1.54, 1.807) is 10.9 Å². The number of anilines is 1. The fraction of sp³-hybridized carbons (Fsp3) is 0.350. The summed E-state index contributed by atoms with van der Waals surface area (Å²) >= 11 is 0. The second-order valence-electron chi connectivity index (χ2n) is 7.04. The Kier molecular flexibility index (Phi) is 4.87. The molecule has 1 saturated heterocycles. The first-order valence-corrected chi connectivity index (χ1v) is 9.06.